The van der Waals surface area contributed by atoms with E-state index in [4.69, 9.17) is 9.47 Å². The van der Waals surface area contributed by atoms with E-state index in [2.05, 4.69) is 79.7 Å². The van der Waals surface area contributed by atoms with Crippen molar-refractivity contribution < 1.29 is 9.47 Å². The minimum atomic E-state index is 0.403. The molecule has 173 valence electrons. The van der Waals surface area contributed by atoms with Crippen LogP contribution < -0.4 is 9.47 Å². The predicted octanol–water partition coefficient (Wildman–Crippen LogP) is 8.61. The fourth-order valence-corrected chi connectivity index (χ4v) is 6.10. The van der Waals surface area contributed by atoms with Crippen LogP contribution in [0.5, 0.6) is 11.5 Å². The molecule has 6 rings (SSSR count). The van der Waals surface area contributed by atoms with E-state index >= 15 is 0 Å². The average Bonchev–Trinajstić information content (AvgIpc) is 2.97. The Morgan fingerprint density at radius 1 is 0.647 bits per heavy atom. The van der Waals surface area contributed by atoms with Gasteiger partial charge in [0.1, 0.15) is 11.5 Å². The maximum Gasteiger partial charge on any atom is 0.127 e. The first-order chi connectivity index (χ1) is 16.8. The Balaban J connectivity index is 1.44. The molecule has 0 bridgehead atoms. The highest BCUT2D eigenvalue weighted by Crippen LogP contribution is 2.47. The summed E-state index contributed by atoms with van der Waals surface area (Å²) in [6.07, 6.45) is 7.65. The second-order valence-electron chi connectivity index (χ2n) is 10.0. The van der Waals surface area contributed by atoms with Crippen LogP contribution in [0, 0.1) is 17.8 Å². The lowest BCUT2D eigenvalue weighted by Crippen LogP contribution is -2.30. The Labute approximate surface area is 202 Å². The molecular weight excluding hydrogens is 416 g/mol. The summed E-state index contributed by atoms with van der Waals surface area (Å²) in [5.74, 6) is 4.77. The summed E-state index contributed by atoms with van der Waals surface area (Å²) in [5.41, 5.74) is 2.32. The maximum absolute atomic E-state index is 6.68. The molecule has 0 atom stereocenters. The molecule has 4 aromatic rings. The molecule has 4 aromatic carbocycles. The Morgan fingerprint density at radius 3 is 1.71 bits per heavy atom. The first-order valence-electron chi connectivity index (χ1n) is 12.9. The van der Waals surface area contributed by atoms with E-state index in [9.17, 15) is 0 Å². The topological polar surface area (TPSA) is 18.5 Å². The third-order valence-electron chi connectivity index (χ3n) is 7.94. The summed E-state index contributed by atoms with van der Waals surface area (Å²) < 4.78 is 13.4. The highest BCUT2D eigenvalue weighted by Gasteiger charge is 2.30. The standard InChI is InChI=1S/C32H33O2/c1-2-7-22-12-14-23(15-13-22)26-20-33-29-18-16-24-8-3-5-10-27(24)31(29)32-28-11-6-4-9-25(28)17-19-30(32)34-21-26/h3-6,8-11,16-19,23,26H,2,7,12-15,20-21H2,1H3. The SMILES string of the molecule is CCC[C]1CCC(C2COc3ccc4ccccc4c3-c3c(ccc4ccccc34)OC2)CC1. The van der Waals surface area contributed by atoms with E-state index in [0.29, 0.717) is 25.0 Å². The lowest BCUT2D eigenvalue weighted by Gasteiger charge is -2.33. The number of fused-ring (bicyclic) bond motifs is 7. The average molecular weight is 450 g/mol. The molecule has 2 heteroatoms. The zero-order valence-electron chi connectivity index (χ0n) is 20.1. The van der Waals surface area contributed by atoms with Crippen molar-refractivity contribution in [2.75, 3.05) is 13.2 Å². The van der Waals surface area contributed by atoms with Gasteiger partial charge in [-0.25, -0.2) is 0 Å². The van der Waals surface area contributed by atoms with Gasteiger partial charge in [-0.05, 0) is 77.6 Å². The van der Waals surface area contributed by atoms with Gasteiger partial charge in [0, 0.05) is 17.0 Å². The first-order valence-corrected chi connectivity index (χ1v) is 12.9. The summed E-state index contributed by atoms with van der Waals surface area (Å²) in [4.78, 5) is 0. The molecule has 1 heterocycles. The second-order valence-corrected chi connectivity index (χ2v) is 10.0. The van der Waals surface area contributed by atoms with Gasteiger partial charge in [-0.3, -0.25) is 0 Å². The molecular formula is C32H33O2. The highest BCUT2D eigenvalue weighted by atomic mass is 16.5. The largest absolute Gasteiger partial charge is 0.492 e. The molecule has 34 heavy (non-hydrogen) atoms. The van der Waals surface area contributed by atoms with Crippen molar-refractivity contribution in [1.82, 2.24) is 0 Å². The van der Waals surface area contributed by atoms with Crippen molar-refractivity contribution in [2.45, 2.75) is 45.4 Å². The van der Waals surface area contributed by atoms with Gasteiger partial charge >= 0.3 is 0 Å². The van der Waals surface area contributed by atoms with Crippen LogP contribution in [0.3, 0.4) is 0 Å². The van der Waals surface area contributed by atoms with Crippen molar-refractivity contribution in [2.24, 2.45) is 11.8 Å². The zero-order chi connectivity index (χ0) is 22.9. The lowest BCUT2D eigenvalue weighted by molar-refractivity contribution is 0.113. The molecule has 2 nitrogen and oxygen atoms in total. The maximum atomic E-state index is 6.68. The molecule has 0 spiro atoms. The van der Waals surface area contributed by atoms with Crippen LogP contribution in [0.15, 0.2) is 72.8 Å². The fraction of sp³-hybridized carbons (Fsp3) is 0.344. The highest BCUT2D eigenvalue weighted by molar-refractivity contribution is 6.09. The molecule has 0 N–H and O–H groups in total. The fourth-order valence-electron chi connectivity index (χ4n) is 6.10. The van der Waals surface area contributed by atoms with Crippen molar-refractivity contribution >= 4 is 21.5 Å². The molecule has 1 fully saturated rings. The zero-order valence-corrected chi connectivity index (χ0v) is 20.1. The van der Waals surface area contributed by atoms with Gasteiger partial charge in [0.2, 0.25) is 0 Å². The van der Waals surface area contributed by atoms with Gasteiger partial charge in [-0.15, -0.1) is 0 Å². The van der Waals surface area contributed by atoms with Gasteiger partial charge in [0.05, 0.1) is 13.2 Å². The van der Waals surface area contributed by atoms with Gasteiger partial charge < -0.3 is 9.47 Å². The summed E-state index contributed by atoms with van der Waals surface area (Å²) in [5, 5.41) is 4.89. The van der Waals surface area contributed by atoms with E-state index in [1.807, 2.05) is 0 Å². The van der Waals surface area contributed by atoms with Crippen molar-refractivity contribution in [3.05, 3.63) is 78.7 Å². The van der Waals surface area contributed by atoms with E-state index in [1.54, 1.807) is 5.92 Å². The molecule has 0 aromatic heterocycles. The third kappa shape index (κ3) is 3.94. The summed E-state index contributed by atoms with van der Waals surface area (Å²) in [6, 6.07) is 26.0. The van der Waals surface area contributed by atoms with Crippen molar-refractivity contribution in [3.63, 3.8) is 0 Å². The van der Waals surface area contributed by atoms with Gasteiger partial charge in [-0.2, -0.15) is 0 Å². The van der Waals surface area contributed by atoms with Gasteiger partial charge in [0.25, 0.3) is 0 Å². The smallest absolute Gasteiger partial charge is 0.127 e. The van der Waals surface area contributed by atoms with Gasteiger partial charge in [0.15, 0.2) is 0 Å². The van der Waals surface area contributed by atoms with Gasteiger partial charge in [-0.1, -0.05) is 74.0 Å². The molecule has 0 amide bonds. The molecule has 1 radical (unpaired) electrons. The molecule has 0 unspecified atom stereocenters. The van der Waals surface area contributed by atoms with Crippen LogP contribution in [-0.4, -0.2) is 13.2 Å². The Hall–Kier alpha value is -3.00. The minimum absolute atomic E-state index is 0.403. The Bertz CT molecular complexity index is 1210. The van der Waals surface area contributed by atoms with Crippen LogP contribution in [0.2, 0.25) is 0 Å². The normalized spacial score (nSPS) is 17.8. The predicted molar refractivity (Wildman–Crippen MR) is 141 cm³/mol. The van der Waals surface area contributed by atoms with Crippen LogP contribution in [-0.2, 0) is 0 Å². The van der Waals surface area contributed by atoms with Crippen molar-refractivity contribution in [1.29, 1.82) is 0 Å². The number of benzene rings is 4. The number of rotatable bonds is 3. The van der Waals surface area contributed by atoms with Crippen LogP contribution in [0.25, 0.3) is 32.7 Å². The van der Waals surface area contributed by atoms with E-state index in [0.717, 1.165) is 22.6 Å². The molecule has 0 saturated heterocycles. The molecule has 2 aliphatic rings. The molecule has 1 aliphatic carbocycles. The quantitative estimate of drug-likeness (QED) is 0.312. The lowest BCUT2D eigenvalue weighted by atomic mass is 9.75. The molecule has 1 aliphatic heterocycles. The number of ether oxygens (including phenoxy) is 2. The Morgan fingerprint density at radius 2 is 1.18 bits per heavy atom. The summed E-state index contributed by atoms with van der Waals surface area (Å²) in [7, 11) is 0. The van der Waals surface area contributed by atoms with E-state index in [-0.39, 0.29) is 0 Å². The summed E-state index contributed by atoms with van der Waals surface area (Å²) >= 11 is 0. The monoisotopic (exact) mass is 449 g/mol. The Kier molecular flexibility index (Phi) is 5.91. The van der Waals surface area contributed by atoms with E-state index < -0.39 is 0 Å². The molecule has 1 saturated carbocycles. The van der Waals surface area contributed by atoms with Crippen LogP contribution in [0.1, 0.15) is 45.4 Å². The van der Waals surface area contributed by atoms with Crippen LogP contribution in [0.4, 0.5) is 0 Å². The minimum Gasteiger partial charge on any atom is -0.492 e. The summed E-state index contributed by atoms with van der Waals surface area (Å²) in [6.45, 7) is 3.72. The third-order valence-corrected chi connectivity index (χ3v) is 7.94. The van der Waals surface area contributed by atoms with Crippen molar-refractivity contribution in [3.8, 4) is 22.6 Å². The second kappa shape index (κ2) is 9.33. The van der Waals surface area contributed by atoms with Crippen LogP contribution >= 0.6 is 0 Å². The van der Waals surface area contributed by atoms with E-state index in [1.165, 1.54) is 60.1 Å². The number of hydrogen-bond donors (Lipinski definition) is 0. The first kappa shape index (κ1) is 21.5. The number of hydrogen-bond acceptors (Lipinski definition) is 2.